The van der Waals surface area contributed by atoms with Crippen molar-refractivity contribution in [1.29, 1.82) is 0 Å². The van der Waals surface area contributed by atoms with E-state index in [1.165, 1.54) is 0 Å². The first-order chi connectivity index (χ1) is 14.4. The van der Waals surface area contributed by atoms with Crippen LogP contribution >= 0.6 is 0 Å². The van der Waals surface area contributed by atoms with Gasteiger partial charge >= 0.3 is 6.09 Å². The number of hydrogen-bond acceptors (Lipinski definition) is 6. The molecule has 0 spiro atoms. The second kappa shape index (κ2) is 7.82. The lowest BCUT2D eigenvalue weighted by molar-refractivity contribution is 0.102. The Labute approximate surface area is 172 Å². The van der Waals surface area contributed by atoms with Crippen molar-refractivity contribution in [1.82, 2.24) is 15.5 Å². The van der Waals surface area contributed by atoms with Gasteiger partial charge in [-0.05, 0) is 43.2 Å². The number of anilines is 4. The van der Waals surface area contributed by atoms with Crippen LogP contribution in [0.5, 0.6) is 0 Å². The Balaban J connectivity index is 1.57. The fourth-order valence-corrected chi connectivity index (χ4v) is 3.72. The van der Waals surface area contributed by atoms with E-state index in [9.17, 15) is 9.59 Å². The SMILES string of the molecule is Nc1cc(C(=O)Nc2ccc3cn[nH]c3c2)c(N2CCC(NC(=O)O)CC2)cc1N. The van der Waals surface area contributed by atoms with Crippen LogP contribution in [0.25, 0.3) is 10.9 Å². The lowest BCUT2D eigenvalue weighted by Gasteiger charge is -2.34. The van der Waals surface area contributed by atoms with Crippen LogP contribution in [0.1, 0.15) is 23.2 Å². The lowest BCUT2D eigenvalue weighted by Crippen LogP contribution is -2.44. The molecule has 0 bridgehead atoms. The molecule has 4 rings (SSSR count). The molecule has 0 radical (unpaired) electrons. The molecule has 3 aromatic rings. The molecule has 8 N–H and O–H groups in total. The van der Waals surface area contributed by atoms with Gasteiger partial charge in [0.25, 0.3) is 5.91 Å². The average molecular weight is 409 g/mol. The van der Waals surface area contributed by atoms with Gasteiger partial charge in [-0.2, -0.15) is 5.10 Å². The Morgan fingerprint density at radius 2 is 1.87 bits per heavy atom. The smallest absolute Gasteiger partial charge is 0.404 e. The summed E-state index contributed by atoms with van der Waals surface area (Å²) in [5, 5.41) is 22.1. The quantitative estimate of drug-likeness (QED) is 0.360. The van der Waals surface area contributed by atoms with E-state index in [2.05, 4.69) is 20.8 Å². The molecule has 2 aromatic carbocycles. The van der Waals surface area contributed by atoms with Crippen molar-refractivity contribution in [2.45, 2.75) is 18.9 Å². The van der Waals surface area contributed by atoms with Gasteiger partial charge in [-0.1, -0.05) is 0 Å². The number of carboxylic acid groups (broad SMARTS) is 1. The summed E-state index contributed by atoms with van der Waals surface area (Å²) in [6.45, 7) is 1.18. The fourth-order valence-electron chi connectivity index (χ4n) is 3.72. The van der Waals surface area contributed by atoms with Gasteiger partial charge in [0.1, 0.15) is 0 Å². The Bertz CT molecular complexity index is 1100. The van der Waals surface area contributed by atoms with Crippen LogP contribution in [0, 0.1) is 0 Å². The summed E-state index contributed by atoms with van der Waals surface area (Å²) in [5.74, 6) is -0.304. The molecule has 1 aliphatic rings. The van der Waals surface area contributed by atoms with Crippen molar-refractivity contribution >= 4 is 45.7 Å². The minimum Gasteiger partial charge on any atom is -0.465 e. The van der Waals surface area contributed by atoms with Gasteiger partial charge in [0.15, 0.2) is 0 Å². The lowest BCUT2D eigenvalue weighted by atomic mass is 10.0. The third kappa shape index (κ3) is 3.93. The van der Waals surface area contributed by atoms with Crippen molar-refractivity contribution in [3.63, 3.8) is 0 Å². The highest BCUT2D eigenvalue weighted by atomic mass is 16.4. The number of H-pyrrole nitrogens is 1. The van der Waals surface area contributed by atoms with E-state index in [-0.39, 0.29) is 11.9 Å². The average Bonchev–Trinajstić information content (AvgIpc) is 3.18. The molecule has 30 heavy (non-hydrogen) atoms. The normalized spacial score (nSPS) is 14.6. The number of aromatic amines is 1. The number of fused-ring (bicyclic) bond motifs is 1. The summed E-state index contributed by atoms with van der Waals surface area (Å²) in [5.41, 5.74) is 15.2. The summed E-state index contributed by atoms with van der Waals surface area (Å²) in [6, 6.07) is 8.66. The Kier molecular flexibility index (Phi) is 5.05. The first-order valence-corrected chi connectivity index (χ1v) is 9.58. The van der Waals surface area contributed by atoms with Crippen molar-refractivity contribution in [3.05, 3.63) is 42.1 Å². The van der Waals surface area contributed by atoms with Crippen LogP contribution in [0.4, 0.5) is 27.5 Å². The molecule has 2 amide bonds. The van der Waals surface area contributed by atoms with Crippen molar-refractivity contribution in [2.24, 2.45) is 0 Å². The zero-order valence-corrected chi connectivity index (χ0v) is 16.2. The third-order valence-corrected chi connectivity index (χ3v) is 5.31. The number of amides is 2. The first-order valence-electron chi connectivity index (χ1n) is 9.58. The zero-order valence-electron chi connectivity index (χ0n) is 16.2. The number of rotatable bonds is 4. The van der Waals surface area contributed by atoms with Gasteiger partial charge in [0.2, 0.25) is 0 Å². The van der Waals surface area contributed by atoms with Crippen LogP contribution in [-0.4, -0.2) is 46.4 Å². The largest absolute Gasteiger partial charge is 0.465 e. The molecule has 1 saturated heterocycles. The van der Waals surface area contributed by atoms with Crippen LogP contribution < -0.4 is 27.0 Å². The Morgan fingerprint density at radius 3 is 2.60 bits per heavy atom. The maximum Gasteiger partial charge on any atom is 0.404 e. The van der Waals surface area contributed by atoms with Crippen LogP contribution in [0.2, 0.25) is 0 Å². The minimum atomic E-state index is -1.03. The molecule has 10 nitrogen and oxygen atoms in total. The van der Waals surface area contributed by atoms with E-state index in [4.69, 9.17) is 16.6 Å². The maximum absolute atomic E-state index is 13.1. The second-order valence-electron chi connectivity index (χ2n) is 7.34. The number of benzene rings is 2. The maximum atomic E-state index is 13.1. The predicted octanol–water partition coefficient (Wildman–Crippen LogP) is 2.22. The molecule has 1 fully saturated rings. The van der Waals surface area contributed by atoms with Gasteiger partial charge < -0.3 is 32.1 Å². The fraction of sp³-hybridized carbons (Fsp3) is 0.250. The van der Waals surface area contributed by atoms with Gasteiger partial charge in [-0.25, -0.2) is 4.79 Å². The predicted molar refractivity (Wildman–Crippen MR) is 116 cm³/mol. The number of nitrogens with one attached hydrogen (secondary N) is 3. The zero-order chi connectivity index (χ0) is 21.3. The van der Waals surface area contributed by atoms with E-state index >= 15 is 0 Å². The van der Waals surface area contributed by atoms with E-state index in [1.807, 2.05) is 17.0 Å². The highest BCUT2D eigenvalue weighted by Gasteiger charge is 2.25. The molecule has 1 aliphatic heterocycles. The highest BCUT2D eigenvalue weighted by molar-refractivity contribution is 6.10. The molecule has 2 heterocycles. The molecular formula is C20H23N7O3. The standard InChI is InChI=1S/C20H23N7O3/c21-15-8-14(19(28)24-13-2-1-11-10-23-26-17(11)7-13)18(9-16(15)22)27-5-3-12(4-6-27)25-20(29)30/h1-2,7-10,12,25H,3-6,21-22H2,(H,23,26)(H,24,28)(H,29,30). The molecule has 0 saturated carbocycles. The molecule has 1 aromatic heterocycles. The van der Waals surface area contributed by atoms with Gasteiger partial charge in [0, 0.05) is 30.2 Å². The van der Waals surface area contributed by atoms with Crippen LogP contribution in [0.3, 0.4) is 0 Å². The number of nitrogens with zero attached hydrogens (tertiary/aromatic N) is 2. The van der Waals surface area contributed by atoms with E-state index in [0.29, 0.717) is 54.2 Å². The number of hydrogen-bond donors (Lipinski definition) is 6. The summed E-state index contributed by atoms with van der Waals surface area (Å²) in [7, 11) is 0. The van der Waals surface area contributed by atoms with E-state index < -0.39 is 6.09 Å². The van der Waals surface area contributed by atoms with Crippen LogP contribution in [-0.2, 0) is 0 Å². The molecular weight excluding hydrogens is 386 g/mol. The monoisotopic (exact) mass is 409 g/mol. The van der Waals surface area contributed by atoms with Crippen LogP contribution in [0.15, 0.2) is 36.5 Å². The number of piperidine rings is 1. The number of nitrogens with two attached hydrogens (primary N) is 2. The number of nitrogen functional groups attached to an aromatic ring is 2. The van der Waals surface area contributed by atoms with Gasteiger partial charge in [-0.3, -0.25) is 9.89 Å². The second-order valence-corrected chi connectivity index (χ2v) is 7.34. The summed E-state index contributed by atoms with van der Waals surface area (Å²) < 4.78 is 0. The summed E-state index contributed by atoms with van der Waals surface area (Å²) in [6.07, 6.45) is 1.95. The Morgan fingerprint density at radius 1 is 1.13 bits per heavy atom. The van der Waals surface area contributed by atoms with Crippen molar-refractivity contribution in [3.8, 4) is 0 Å². The molecule has 10 heteroatoms. The minimum absolute atomic E-state index is 0.108. The Hall–Kier alpha value is -3.95. The number of aromatic nitrogens is 2. The molecule has 156 valence electrons. The molecule has 0 aliphatic carbocycles. The molecule has 0 unspecified atom stereocenters. The molecule has 0 atom stereocenters. The first kappa shape index (κ1) is 19.4. The van der Waals surface area contributed by atoms with Gasteiger partial charge in [0.05, 0.1) is 34.3 Å². The van der Waals surface area contributed by atoms with Gasteiger partial charge in [-0.15, -0.1) is 0 Å². The number of carbonyl (C=O) groups excluding carboxylic acids is 1. The summed E-state index contributed by atoms with van der Waals surface area (Å²) >= 11 is 0. The highest BCUT2D eigenvalue weighted by Crippen LogP contribution is 2.31. The topological polar surface area (TPSA) is 162 Å². The number of carbonyl (C=O) groups is 2. The van der Waals surface area contributed by atoms with Crippen molar-refractivity contribution < 1.29 is 14.7 Å². The summed E-state index contributed by atoms with van der Waals surface area (Å²) in [4.78, 5) is 26.0. The van der Waals surface area contributed by atoms with E-state index in [1.54, 1.807) is 24.4 Å². The van der Waals surface area contributed by atoms with E-state index in [0.717, 1.165) is 10.9 Å². The third-order valence-electron chi connectivity index (χ3n) is 5.31. The van der Waals surface area contributed by atoms with Crippen molar-refractivity contribution in [2.75, 3.05) is 34.8 Å².